The van der Waals surface area contributed by atoms with E-state index in [1.807, 2.05) is 38.1 Å². The summed E-state index contributed by atoms with van der Waals surface area (Å²) >= 11 is 1.79. The predicted molar refractivity (Wildman–Crippen MR) is 86.3 cm³/mol. The molecule has 0 aliphatic rings. The van der Waals surface area contributed by atoms with Gasteiger partial charge in [-0.25, -0.2) is 0 Å². The quantitative estimate of drug-likeness (QED) is 0.863. The van der Waals surface area contributed by atoms with Gasteiger partial charge in [0.25, 0.3) is 0 Å². The molecule has 20 heavy (non-hydrogen) atoms. The zero-order chi connectivity index (χ0) is 14.5. The number of amides is 1. The molecule has 0 saturated heterocycles. The minimum atomic E-state index is -0.0132. The summed E-state index contributed by atoms with van der Waals surface area (Å²) in [7, 11) is 0. The SMILES string of the molecule is Cc1ccc(CNc2cccc(NC(=O)C(C)C)c2)s1. The molecule has 0 aliphatic carbocycles. The molecule has 1 amide bonds. The summed E-state index contributed by atoms with van der Waals surface area (Å²) < 4.78 is 0. The van der Waals surface area contributed by atoms with E-state index in [-0.39, 0.29) is 11.8 Å². The van der Waals surface area contributed by atoms with E-state index in [0.29, 0.717) is 0 Å². The smallest absolute Gasteiger partial charge is 0.226 e. The molecule has 4 heteroatoms. The molecule has 2 N–H and O–H groups in total. The summed E-state index contributed by atoms with van der Waals surface area (Å²) in [5.74, 6) is 0.0248. The van der Waals surface area contributed by atoms with Crippen molar-refractivity contribution < 1.29 is 4.79 Å². The van der Waals surface area contributed by atoms with Crippen LogP contribution in [0.4, 0.5) is 11.4 Å². The molecule has 0 spiro atoms. The van der Waals surface area contributed by atoms with Crippen molar-refractivity contribution in [2.75, 3.05) is 10.6 Å². The Labute approximate surface area is 124 Å². The number of rotatable bonds is 5. The summed E-state index contributed by atoms with van der Waals surface area (Å²) in [6.45, 7) is 6.68. The number of aryl methyl sites for hydroxylation is 1. The van der Waals surface area contributed by atoms with Crippen LogP contribution in [0.5, 0.6) is 0 Å². The van der Waals surface area contributed by atoms with Crippen molar-refractivity contribution in [1.82, 2.24) is 0 Å². The molecule has 0 saturated carbocycles. The van der Waals surface area contributed by atoms with Crippen LogP contribution in [0.25, 0.3) is 0 Å². The lowest BCUT2D eigenvalue weighted by molar-refractivity contribution is -0.118. The molecule has 0 bridgehead atoms. The molecule has 3 nitrogen and oxygen atoms in total. The van der Waals surface area contributed by atoms with Gasteiger partial charge in [-0.1, -0.05) is 19.9 Å². The van der Waals surface area contributed by atoms with Crippen LogP contribution in [0.3, 0.4) is 0 Å². The van der Waals surface area contributed by atoms with Crippen molar-refractivity contribution in [3.05, 3.63) is 46.2 Å². The number of thiophene rings is 1. The van der Waals surface area contributed by atoms with Crippen molar-refractivity contribution in [3.8, 4) is 0 Å². The molecule has 2 aromatic rings. The summed E-state index contributed by atoms with van der Waals surface area (Å²) in [4.78, 5) is 14.3. The number of hydrogen-bond acceptors (Lipinski definition) is 3. The Morgan fingerprint density at radius 3 is 2.60 bits per heavy atom. The number of anilines is 2. The van der Waals surface area contributed by atoms with Gasteiger partial charge in [-0.3, -0.25) is 4.79 Å². The Morgan fingerprint density at radius 1 is 1.20 bits per heavy atom. The fourth-order valence-electron chi connectivity index (χ4n) is 1.76. The molecule has 2 rings (SSSR count). The third kappa shape index (κ3) is 4.10. The van der Waals surface area contributed by atoms with Gasteiger partial charge in [-0.15, -0.1) is 11.3 Å². The first kappa shape index (κ1) is 14.6. The summed E-state index contributed by atoms with van der Waals surface area (Å²) in [6.07, 6.45) is 0. The maximum absolute atomic E-state index is 11.7. The van der Waals surface area contributed by atoms with E-state index in [1.165, 1.54) is 9.75 Å². The first-order valence-corrected chi connectivity index (χ1v) is 7.56. The highest BCUT2D eigenvalue weighted by Crippen LogP contribution is 2.19. The highest BCUT2D eigenvalue weighted by Gasteiger charge is 2.07. The van der Waals surface area contributed by atoms with E-state index in [9.17, 15) is 4.79 Å². The van der Waals surface area contributed by atoms with E-state index >= 15 is 0 Å². The number of carbonyl (C=O) groups is 1. The van der Waals surface area contributed by atoms with Crippen LogP contribution in [0.15, 0.2) is 36.4 Å². The van der Waals surface area contributed by atoms with Crippen LogP contribution in [-0.2, 0) is 11.3 Å². The standard InChI is InChI=1S/C16H20N2OS/c1-11(2)16(19)18-14-6-4-5-13(9-14)17-10-15-8-7-12(3)20-15/h4-9,11,17H,10H2,1-3H3,(H,18,19). The number of benzene rings is 1. The van der Waals surface area contributed by atoms with Crippen molar-refractivity contribution in [3.63, 3.8) is 0 Å². The van der Waals surface area contributed by atoms with Crippen molar-refractivity contribution in [2.45, 2.75) is 27.3 Å². The molecular formula is C16H20N2OS. The van der Waals surface area contributed by atoms with Gasteiger partial charge in [0.1, 0.15) is 0 Å². The molecule has 0 unspecified atom stereocenters. The highest BCUT2D eigenvalue weighted by atomic mass is 32.1. The van der Waals surface area contributed by atoms with E-state index < -0.39 is 0 Å². The second-order valence-corrected chi connectivity index (χ2v) is 6.46. The zero-order valence-corrected chi connectivity index (χ0v) is 12.9. The Morgan fingerprint density at radius 2 is 1.95 bits per heavy atom. The van der Waals surface area contributed by atoms with Crippen LogP contribution >= 0.6 is 11.3 Å². The molecule has 1 aromatic heterocycles. The summed E-state index contributed by atoms with van der Waals surface area (Å²) in [5.41, 5.74) is 1.84. The lowest BCUT2D eigenvalue weighted by Crippen LogP contribution is -2.17. The zero-order valence-electron chi connectivity index (χ0n) is 12.1. The monoisotopic (exact) mass is 288 g/mol. The van der Waals surface area contributed by atoms with E-state index in [2.05, 4.69) is 29.7 Å². The van der Waals surface area contributed by atoms with Crippen molar-refractivity contribution in [1.29, 1.82) is 0 Å². The van der Waals surface area contributed by atoms with Gasteiger partial charge in [-0.05, 0) is 37.3 Å². The van der Waals surface area contributed by atoms with Gasteiger partial charge in [0.05, 0.1) is 0 Å². The second-order valence-electron chi connectivity index (χ2n) is 5.09. The van der Waals surface area contributed by atoms with Gasteiger partial charge in [0.15, 0.2) is 0 Å². The maximum Gasteiger partial charge on any atom is 0.226 e. The van der Waals surface area contributed by atoms with Crippen molar-refractivity contribution >= 4 is 28.6 Å². The minimum Gasteiger partial charge on any atom is -0.380 e. The van der Waals surface area contributed by atoms with Crippen LogP contribution in [-0.4, -0.2) is 5.91 Å². The fourth-order valence-corrected chi connectivity index (χ4v) is 2.59. The molecule has 0 aliphatic heterocycles. The Kier molecular flexibility index (Phi) is 4.79. The lowest BCUT2D eigenvalue weighted by Gasteiger charge is -2.10. The molecule has 1 aromatic carbocycles. The van der Waals surface area contributed by atoms with Crippen molar-refractivity contribution in [2.24, 2.45) is 5.92 Å². The topological polar surface area (TPSA) is 41.1 Å². The largest absolute Gasteiger partial charge is 0.380 e. The molecular weight excluding hydrogens is 268 g/mol. The predicted octanol–water partition coefficient (Wildman–Crippen LogP) is 4.26. The Bertz CT molecular complexity index is 590. The summed E-state index contributed by atoms with van der Waals surface area (Å²) in [6, 6.07) is 12.1. The van der Waals surface area contributed by atoms with E-state index in [4.69, 9.17) is 0 Å². The Balaban J connectivity index is 1.97. The third-order valence-electron chi connectivity index (χ3n) is 2.92. The van der Waals surface area contributed by atoms with Gasteiger partial charge < -0.3 is 10.6 Å². The Hall–Kier alpha value is -1.81. The number of carbonyl (C=O) groups excluding carboxylic acids is 1. The first-order chi connectivity index (χ1) is 9.54. The van der Waals surface area contributed by atoms with Crippen LogP contribution < -0.4 is 10.6 Å². The average Bonchev–Trinajstić information content (AvgIpc) is 2.82. The van der Waals surface area contributed by atoms with Crippen LogP contribution in [0.2, 0.25) is 0 Å². The van der Waals surface area contributed by atoms with Crippen LogP contribution in [0.1, 0.15) is 23.6 Å². The normalized spacial score (nSPS) is 10.6. The highest BCUT2D eigenvalue weighted by molar-refractivity contribution is 7.11. The van der Waals surface area contributed by atoms with Gasteiger partial charge in [-0.2, -0.15) is 0 Å². The maximum atomic E-state index is 11.7. The average molecular weight is 288 g/mol. The first-order valence-electron chi connectivity index (χ1n) is 6.74. The molecule has 0 radical (unpaired) electrons. The molecule has 1 heterocycles. The third-order valence-corrected chi connectivity index (χ3v) is 3.92. The fraction of sp³-hybridized carbons (Fsp3) is 0.312. The molecule has 0 fully saturated rings. The molecule has 106 valence electrons. The van der Waals surface area contributed by atoms with Gasteiger partial charge >= 0.3 is 0 Å². The van der Waals surface area contributed by atoms with E-state index in [0.717, 1.165) is 17.9 Å². The van der Waals surface area contributed by atoms with Crippen LogP contribution in [0, 0.1) is 12.8 Å². The summed E-state index contributed by atoms with van der Waals surface area (Å²) in [5, 5.41) is 6.28. The number of hydrogen-bond donors (Lipinski definition) is 2. The van der Waals surface area contributed by atoms with Gasteiger partial charge in [0, 0.05) is 33.6 Å². The molecule has 0 atom stereocenters. The number of nitrogens with one attached hydrogen (secondary N) is 2. The second kappa shape index (κ2) is 6.57. The lowest BCUT2D eigenvalue weighted by atomic mass is 10.2. The van der Waals surface area contributed by atoms with Gasteiger partial charge in [0.2, 0.25) is 5.91 Å². The minimum absolute atomic E-state index is 0.0132. The van der Waals surface area contributed by atoms with E-state index in [1.54, 1.807) is 11.3 Å².